The number of benzene rings is 1. The average Bonchev–Trinajstić information content (AvgIpc) is 3.62. The predicted molar refractivity (Wildman–Crippen MR) is 200 cm³/mol. The zero-order valence-electron chi connectivity index (χ0n) is 33.3. The number of nitrogens with zero attached hydrogens (tertiary/aromatic N) is 2. The second-order valence-corrected chi connectivity index (χ2v) is 14.8. The summed E-state index contributed by atoms with van der Waals surface area (Å²) in [7, 11) is 6.03. The minimum Gasteiger partial charge on any atom is -0.467 e. The molecule has 1 fully saturated rings. The van der Waals surface area contributed by atoms with Gasteiger partial charge >= 0.3 is 5.97 Å². The van der Waals surface area contributed by atoms with Crippen molar-refractivity contribution in [2.24, 2.45) is 23.5 Å². The van der Waals surface area contributed by atoms with Crippen molar-refractivity contribution >= 4 is 29.6 Å². The third-order valence-corrected chi connectivity index (χ3v) is 10.8. The van der Waals surface area contributed by atoms with Gasteiger partial charge in [0, 0.05) is 34.2 Å². The summed E-state index contributed by atoms with van der Waals surface area (Å²) in [6.07, 6.45) is 1.43. The molecule has 4 amide bonds. The van der Waals surface area contributed by atoms with E-state index in [1.165, 1.54) is 21.3 Å². The van der Waals surface area contributed by atoms with E-state index in [2.05, 4.69) is 10.6 Å². The van der Waals surface area contributed by atoms with Gasteiger partial charge in [0.1, 0.15) is 12.1 Å². The number of rotatable bonds is 20. The molecular formula is C39H65N5O8. The Hall–Kier alpha value is -3.55. The van der Waals surface area contributed by atoms with Crippen LogP contribution < -0.4 is 16.4 Å². The van der Waals surface area contributed by atoms with E-state index >= 15 is 0 Å². The number of carbonyl (C=O) groups excluding carboxylic acids is 5. The molecule has 1 aromatic carbocycles. The van der Waals surface area contributed by atoms with Crippen LogP contribution in [0.1, 0.15) is 86.1 Å². The molecule has 0 aromatic heterocycles. The molecule has 1 saturated heterocycles. The summed E-state index contributed by atoms with van der Waals surface area (Å²) in [5.74, 6) is -2.77. The van der Waals surface area contributed by atoms with E-state index in [0.29, 0.717) is 25.8 Å². The van der Waals surface area contributed by atoms with Gasteiger partial charge in [-0.3, -0.25) is 19.2 Å². The van der Waals surface area contributed by atoms with Crippen LogP contribution in [-0.4, -0.2) is 116 Å². The highest BCUT2D eigenvalue weighted by Gasteiger charge is 2.43. The van der Waals surface area contributed by atoms with Gasteiger partial charge in [-0.15, -0.1) is 0 Å². The minimum absolute atomic E-state index is 0.00641. The highest BCUT2D eigenvalue weighted by Crippen LogP contribution is 2.30. The zero-order chi connectivity index (χ0) is 39.3. The number of carbonyl (C=O) groups is 5. The van der Waals surface area contributed by atoms with Crippen LogP contribution in [0.15, 0.2) is 30.3 Å². The van der Waals surface area contributed by atoms with Crippen LogP contribution >= 0.6 is 0 Å². The molecule has 294 valence electrons. The van der Waals surface area contributed by atoms with Crippen LogP contribution in [0.2, 0.25) is 0 Å². The summed E-state index contributed by atoms with van der Waals surface area (Å²) in [6.45, 7) is 13.4. The fourth-order valence-electron chi connectivity index (χ4n) is 6.99. The number of ether oxygens (including phenoxy) is 3. The highest BCUT2D eigenvalue weighted by atomic mass is 16.5. The summed E-state index contributed by atoms with van der Waals surface area (Å²) in [5, 5.41) is 5.73. The predicted octanol–water partition coefficient (Wildman–Crippen LogP) is 3.08. The van der Waals surface area contributed by atoms with Crippen LogP contribution in [0.5, 0.6) is 0 Å². The third kappa shape index (κ3) is 11.5. The Bertz CT molecular complexity index is 1320. The minimum atomic E-state index is -1.13. The van der Waals surface area contributed by atoms with Crippen LogP contribution in [0, 0.1) is 17.8 Å². The molecule has 0 aliphatic carbocycles. The molecule has 13 nitrogen and oxygen atoms in total. The molecule has 1 unspecified atom stereocenters. The van der Waals surface area contributed by atoms with Crippen molar-refractivity contribution < 1.29 is 38.2 Å². The fraction of sp³-hybridized carbons (Fsp3) is 0.718. The lowest BCUT2D eigenvalue weighted by Gasteiger charge is -2.41. The van der Waals surface area contributed by atoms with Crippen LogP contribution in [0.25, 0.3) is 0 Å². The fourth-order valence-corrected chi connectivity index (χ4v) is 6.99. The number of hydrogen-bond donors (Lipinski definition) is 3. The van der Waals surface area contributed by atoms with Gasteiger partial charge in [-0.05, 0) is 43.6 Å². The summed E-state index contributed by atoms with van der Waals surface area (Å²) in [6, 6.07) is 6.76. The quantitative estimate of drug-likeness (QED) is 0.171. The maximum absolute atomic E-state index is 14.1. The second-order valence-electron chi connectivity index (χ2n) is 14.8. The molecule has 1 aliphatic rings. The monoisotopic (exact) mass is 731 g/mol. The molecule has 0 radical (unpaired) electrons. The van der Waals surface area contributed by atoms with E-state index in [0.717, 1.165) is 12.0 Å². The Labute approximate surface area is 311 Å². The van der Waals surface area contributed by atoms with Crippen molar-refractivity contribution in [2.45, 2.75) is 129 Å². The van der Waals surface area contributed by atoms with E-state index in [1.807, 2.05) is 65.0 Å². The van der Waals surface area contributed by atoms with Crippen molar-refractivity contribution in [3.63, 3.8) is 0 Å². The second kappa shape index (κ2) is 20.6. The van der Waals surface area contributed by atoms with E-state index in [9.17, 15) is 24.0 Å². The molecule has 9 atom stereocenters. The molecule has 1 heterocycles. The van der Waals surface area contributed by atoms with Gasteiger partial charge in [0.25, 0.3) is 0 Å². The third-order valence-electron chi connectivity index (χ3n) is 10.8. The van der Waals surface area contributed by atoms with E-state index in [1.54, 1.807) is 30.7 Å². The molecule has 13 heteroatoms. The number of nitrogens with one attached hydrogen (secondary N) is 2. The van der Waals surface area contributed by atoms with E-state index in [4.69, 9.17) is 19.9 Å². The molecule has 0 saturated carbocycles. The number of esters is 1. The molecule has 0 spiro atoms. The number of likely N-dealkylation sites (N-methyl/N-ethyl adjacent to an activating group) is 1. The molecule has 2 rings (SSSR count). The van der Waals surface area contributed by atoms with E-state index < -0.39 is 59.7 Å². The van der Waals surface area contributed by atoms with Gasteiger partial charge in [0.05, 0.1) is 49.3 Å². The Kier molecular flexibility index (Phi) is 17.7. The Morgan fingerprint density at radius 2 is 1.63 bits per heavy atom. The highest BCUT2D eigenvalue weighted by molar-refractivity contribution is 5.92. The molecule has 4 N–H and O–H groups in total. The largest absolute Gasteiger partial charge is 0.467 e. The van der Waals surface area contributed by atoms with Crippen molar-refractivity contribution in [3.05, 3.63) is 35.9 Å². The van der Waals surface area contributed by atoms with Gasteiger partial charge in [-0.1, -0.05) is 78.3 Å². The number of nitrogens with two attached hydrogens (primary N) is 1. The Morgan fingerprint density at radius 1 is 1.00 bits per heavy atom. The first-order chi connectivity index (χ1) is 24.5. The SMILES string of the molecule is CC[C@H](C)[C@@H]([C@@H](CC(=O)N1CCC[C@H]1[C@H](OC)[C@@H](C)C(=O)N[C@@H](Cc1ccccc1)C(=O)OC)OC)N(C)C(=O)[C@@H](NC(=O)C(C)(N)CC)C(C)C. The topological polar surface area (TPSA) is 170 Å². The van der Waals surface area contributed by atoms with Crippen molar-refractivity contribution in [2.75, 3.05) is 34.9 Å². The first kappa shape index (κ1) is 44.6. The number of amides is 4. The smallest absolute Gasteiger partial charge is 0.328 e. The first-order valence-corrected chi connectivity index (χ1v) is 18.6. The number of hydrogen-bond acceptors (Lipinski definition) is 9. The van der Waals surface area contributed by atoms with Gasteiger partial charge in [0.15, 0.2) is 0 Å². The Morgan fingerprint density at radius 3 is 2.15 bits per heavy atom. The lowest BCUT2D eigenvalue weighted by atomic mass is 9.89. The van der Waals surface area contributed by atoms with Crippen LogP contribution in [-0.2, 0) is 44.6 Å². The molecule has 1 aliphatic heterocycles. The molecular weight excluding hydrogens is 666 g/mol. The molecule has 1 aromatic rings. The van der Waals surface area contributed by atoms with Gasteiger partial charge in [-0.2, -0.15) is 0 Å². The molecule has 0 bridgehead atoms. The first-order valence-electron chi connectivity index (χ1n) is 18.6. The lowest BCUT2D eigenvalue weighted by Crippen LogP contribution is -2.61. The van der Waals surface area contributed by atoms with Gasteiger partial charge in [-0.25, -0.2) is 4.79 Å². The Balaban J connectivity index is 2.28. The average molecular weight is 732 g/mol. The van der Waals surface area contributed by atoms with Gasteiger partial charge in [0.2, 0.25) is 23.6 Å². The normalized spacial score (nSPS) is 19.7. The zero-order valence-corrected chi connectivity index (χ0v) is 33.3. The van der Waals surface area contributed by atoms with Crippen LogP contribution in [0.3, 0.4) is 0 Å². The van der Waals surface area contributed by atoms with Crippen molar-refractivity contribution in [1.82, 2.24) is 20.4 Å². The van der Waals surface area contributed by atoms with Crippen molar-refractivity contribution in [1.29, 1.82) is 0 Å². The number of methoxy groups -OCH3 is 3. The van der Waals surface area contributed by atoms with Gasteiger partial charge < -0.3 is 40.4 Å². The van der Waals surface area contributed by atoms with Crippen LogP contribution in [0.4, 0.5) is 0 Å². The summed E-state index contributed by atoms with van der Waals surface area (Å²) < 4.78 is 16.9. The maximum Gasteiger partial charge on any atom is 0.328 e. The summed E-state index contributed by atoms with van der Waals surface area (Å²) in [5.41, 5.74) is 5.94. The standard InChI is InChI=1S/C39H65N5O8/c1-12-25(5)33(43(8)36(47)32(24(3)4)42-38(49)39(7,40)13-2)30(50-9)23-31(45)44-21-17-20-29(44)34(51-10)26(6)35(46)41-28(37(48)52-11)22-27-18-15-14-16-19-27/h14-16,18-19,24-26,28-30,32-34H,12-13,17,20-23,40H2,1-11H3,(H,41,46)(H,42,49)/t25-,26+,28-,29-,30+,32-,33-,34+,39?/m0/s1. The molecule has 52 heavy (non-hydrogen) atoms. The summed E-state index contributed by atoms with van der Waals surface area (Å²) in [4.78, 5) is 70.8. The lowest BCUT2D eigenvalue weighted by molar-refractivity contribution is -0.149. The van der Waals surface area contributed by atoms with E-state index in [-0.39, 0.29) is 42.4 Å². The number of likely N-dealkylation sites (tertiary alicyclic amines) is 1. The summed E-state index contributed by atoms with van der Waals surface area (Å²) >= 11 is 0. The maximum atomic E-state index is 14.1. The van der Waals surface area contributed by atoms with Crippen molar-refractivity contribution in [3.8, 4) is 0 Å².